The third kappa shape index (κ3) is 4.15. The van der Waals surface area contributed by atoms with Gasteiger partial charge in [-0.15, -0.1) is 12.4 Å². The summed E-state index contributed by atoms with van der Waals surface area (Å²) in [7, 11) is 0. The SMILES string of the molecule is Cl.N[C@@H](c1ccsc1)c1cc(C(F)(F)F)cc(C(F)(F)F)c1. The van der Waals surface area contributed by atoms with E-state index in [4.69, 9.17) is 5.73 Å². The van der Waals surface area contributed by atoms with Crippen LogP contribution in [0.5, 0.6) is 0 Å². The maximum Gasteiger partial charge on any atom is 0.416 e. The van der Waals surface area contributed by atoms with E-state index in [9.17, 15) is 26.3 Å². The summed E-state index contributed by atoms with van der Waals surface area (Å²) in [6, 6.07) is 1.90. The molecule has 22 heavy (non-hydrogen) atoms. The normalized spacial score (nSPS) is 13.6. The fraction of sp³-hybridized carbons (Fsp3) is 0.231. The highest BCUT2D eigenvalue weighted by atomic mass is 35.5. The van der Waals surface area contributed by atoms with Crippen molar-refractivity contribution in [2.24, 2.45) is 5.73 Å². The van der Waals surface area contributed by atoms with Gasteiger partial charge in [0.2, 0.25) is 0 Å². The molecule has 0 aliphatic carbocycles. The van der Waals surface area contributed by atoms with Crippen LogP contribution in [0.25, 0.3) is 0 Å². The molecule has 0 amide bonds. The number of rotatable bonds is 2. The topological polar surface area (TPSA) is 26.0 Å². The van der Waals surface area contributed by atoms with Crippen molar-refractivity contribution in [2.45, 2.75) is 18.4 Å². The Kier molecular flexibility index (Phi) is 5.53. The van der Waals surface area contributed by atoms with Gasteiger partial charge >= 0.3 is 12.4 Å². The molecule has 2 aromatic rings. The molecular formula is C13H10ClF6NS. The fourth-order valence-electron chi connectivity index (χ4n) is 1.80. The molecule has 1 aromatic heterocycles. The number of thiophene rings is 1. The van der Waals surface area contributed by atoms with Crippen LogP contribution in [0.1, 0.15) is 28.3 Å². The van der Waals surface area contributed by atoms with Gasteiger partial charge in [-0.3, -0.25) is 0 Å². The molecule has 0 aliphatic rings. The first-order chi connectivity index (χ1) is 9.59. The second-order valence-electron chi connectivity index (χ2n) is 4.37. The van der Waals surface area contributed by atoms with Crippen molar-refractivity contribution in [1.82, 2.24) is 0 Å². The summed E-state index contributed by atoms with van der Waals surface area (Å²) in [6.45, 7) is 0. The third-order valence-electron chi connectivity index (χ3n) is 2.87. The van der Waals surface area contributed by atoms with E-state index in [1.807, 2.05) is 0 Å². The van der Waals surface area contributed by atoms with E-state index in [-0.39, 0.29) is 24.0 Å². The van der Waals surface area contributed by atoms with Gasteiger partial charge in [0.05, 0.1) is 17.2 Å². The number of alkyl halides is 6. The molecule has 1 heterocycles. The van der Waals surface area contributed by atoms with Crippen LogP contribution in [0.15, 0.2) is 35.0 Å². The van der Waals surface area contributed by atoms with Crippen molar-refractivity contribution in [2.75, 3.05) is 0 Å². The van der Waals surface area contributed by atoms with E-state index >= 15 is 0 Å². The van der Waals surface area contributed by atoms with Crippen LogP contribution in [0.3, 0.4) is 0 Å². The van der Waals surface area contributed by atoms with Gasteiger partial charge in [0.15, 0.2) is 0 Å². The van der Waals surface area contributed by atoms with Crippen molar-refractivity contribution in [3.63, 3.8) is 0 Å². The number of hydrogen-bond donors (Lipinski definition) is 1. The lowest BCUT2D eigenvalue weighted by molar-refractivity contribution is -0.143. The third-order valence-corrected chi connectivity index (χ3v) is 3.57. The van der Waals surface area contributed by atoms with Crippen molar-refractivity contribution in [3.8, 4) is 0 Å². The molecule has 1 nitrogen and oxygen atoms in total. The Morgan fingerprint density at radius 2 is 1.36 bits per heavy atom. The summed E-state index contributed by atoms with van der Waals surface area (Å²) in [5, 5.41) is 3.23. The first-order valence-electron chi connectivity index (χ1n) is 5.66. The van der Waals surface area contributed by atoms with Gasteiger partial charge in [0, 0.05) is 0 Å². The summed E-state index contributed by atoms with van der Waals surface area (Å²) < 4.78 is 76.4. The molecule has 0 saturated heterocycles. The minimum Gasteiger partial charge on any atom is -0.320 e. The zero-order chi connectivity index (χ0) is 15.8. The predicted octanol–water partition coefficient (Wildman–Crippen LogP) is 5.26. The first kappa shape index (κ1) is 18.8. The van der Waals surface area contributed by atoms with Crippen LogP contribution >= 0.6 is 23.7 Å². The Bertz CT molecular complexity index is 588. The minimum absolute atomic E-state index is 0. The van der Waals surface area contributed by atoms with Crippen molar-refractivity contribution >= 4 is 23.7 Å². The van der Waals surface area contributed by atoms with Crippen LogP contribution in [-0.4, -0.2) is 0 Å². The van der Waals surface area contributed by atoms with Gasteiger partial charge in [0.25, 0.3) is 0 Å². The summed E-state index contributed by atoms with van der Waals surface area (Å²) in [5.41, 5.74) is 3.27. The van der Waals surface area contributed by atoms with Gasteiger partial charge in [-0.2, -0.15) is 37.7 Å². The Labute approximate surface area is 132 Å². The lowest BCUT2D eigenvalue weighted by atomic mass is 9.97. The molecular weight excluding hydrogens is 352 g/mol. The Hall–Kier alpha value is -1.25. The summed E-state index contributed by atoms with van der Waals surface area (Å²) in [6.07, 6.45) is -9.74. The number of nitrogens with two attached hydrogens (primary N) is 1. The molecule has 2 N–H and O–H groups in total. The highest BCUT2D eigenvalue weighted by Crippen LogP contribution is 2.38. The van der Waals surface area contributed by atoms with Crippen molar-refractivity contribution < 1.29 is 26.3 Å². The Morgan fingerprint density at radius 3 is 1.73 bits per heavy atom. The van der Waals surface area contributed by atoms with Gasteiger partial charge in [-0.25, -0.2) is 0 Å². The second kappa shape index (κ2) is 6.47. The lowest BCUT2D eigenvalue weighted by Gasteiger charge is -2.17. The Morgan fingerprint density at radius 1 is 0.864 bits per heavy atom. The molecule has 122 valence electrons. The van der Waals surface area contributed by atoms with Crippen molar-refractivity contribution in [3.05, 3.63) is 57.3 Å². The maximum absolute atomic E-state index is 12.7. The summed E-state index contributed by atoms with van der Waals surface area (Å²) in [5.74, 6) is 0. The van der Waals surface area contributed by atoms with Crippen LogP contribution in [0, 0.1) is 0 Å². The number of benzene rings is 1. The quantitative estimate of drug-likeness (QED) is 0.726. The Balaban J connectivity index is 0.00000242. The predicted molar refractivity (Wildman–Crippen MR) is 74.0 cm³/mol. The van der Waals surface area contributed by atoms with Crippen LogP contribution in [0.4, 0.5) is 26.3 Å². The average Bonchev–Trinajstić information content (AvgIpc) is 2.89. The smallest absolute Gasteiger partial charge is 0.320 e. The van der Waals surface area contributed by atoms with Gasteiger partial charge in [-0.1, -0.05) is 0 Å². The van der Waals surface area contributed by atoms with E-state index in [0.717, 1.165) is 0 Å². The van der Waals surface area contributed by atoms with Gasteiger partial charge in [-0.05, 0) is 46.2 Å². The van der Waals surface area contributed by atoms with Gasteiger partial charge < -0.3 is 5.73 Å². The molecule has 9 heteroatoms. The standard InChI is InChI=1S/C13H9F6NS.ClH/c14-12(15,16)9-3-8(4-10(5-9)13(17,18)19)11(20)7-1-2-21-6-7;/h1-6,11H,20H2;1H/t11-;/m0./s1. The average molecular weight is 362 g/mol. The molecule has 1 atom stereocenters. The zero-order valence-electron chi connectivity index (χ0n) is 10.7. The molecule has 0 fully saturated rings. The molecule has 0 radical (unpaired) electrons. The second-order valence-corrected chi connectivity index (χ2v) is 5.15. The molecule has 0 spiro atoms. The molecule has 0 unspecified atom stereocenters. The van der Waals surface area contributed by atoms with E-state index in [1.165, 1.54) is 11.3 Å². The highest BCUT2D eigenvalue weighted by molar-refractivity contribution is 7.08. The largest absolute Gasteiger partial charge is 0.416 e. The number of hydrogen-bond acceptors (Lipinski definition) is 2. The monoisotopic (exact) mass is 361 g/mol. The van der Waals surface area contributed by atoms with Crippen LogP contribution in [0.2, 0.25) is 0 Å². The van der Waals surface area contributed by atoms with Crippen LogP contribution in [-0.2, 0) is 12.4 Å². The van der Waals surface area contributed by atoms with E-state index < -0.39 is 29.5 Å². The summed E-state index contributed by atoms with van der Waals surface area (Å²) >= 11 is 1.26. The lowest BCUT2D eigenvalue weighted by Crippen LogP contribution is -2.16. The minimum atomic E-state index is -4.87. The van der Waals surface area contributed by atoms with Crippen molar-refractivity contribution in [1.29, 1.82) is 0 Å². The fourth-order valence-corrected chi connectivity index (χ4v) is 2.50. The van der Waals surface area contributed by atoms with E-state index in [1.54, 1.807) is 16.8 Å². The van der Waals surface area contributed by atoms with Gasteiger partial charge in [0.1, 0.15) is 0 Å². The van der Waals surface area contributed by atoms with Crippen LogP contribution < -0.4 is 5.73 Å². The number of halogens is 7. The summed E-state index contributed by atoms with van der Waals surface area (Å²) in [4.78, 5) is 0. The molecule has 2 rings (SSSR count). The first-order valence-corrected chi connectivity index (χ1v) is 6.60. The molecule has 0 aliphatic heterocycles. The maximum atomic E-state index is 12.7. The zero-order valence-corrected chi connectivity index (χ0v) is 12.3. The van der Waals surface area contributed by atoms with E-state index in [2.05, 4.69) is 0 Å². The highest BCUT2D eigenvalue weighted by Gasteiger charge is 2.37. The van der Waals surface area contributed by atoms with E-state index in [0.29, 0.717) is 17.7 Å². The molecule has 0 saturated carbocycles. The molecule has 0 bridgehead atoms. The molecule has 1 aromatic carbocycles.